The fourth-order valence-corrected chi connectivity index (χ4v) is 8.92. The van der Waals surface area contributed by atoms with Gasteiger partial charge in [-0.3, -0.25) is 9.59 Å². The van der Waals surface area contributed by atoms with E-state index in [1.807, 2.05) is 0 Å². The van der Waals surface area contributed by atoms with Crippen LogP contribution in [0.4, 0.5) is 0 Å². The van der Waals surface area contributed by atoms with E-state index >= 15 is 0 Å². The third-order valence-corrected chi connectivity index (χ3v) is 10.5. The van der Waals surface area contributed by atoms with E-state index in [4.69, 9.17) is 9.22 Å². The van der Waals surface area contributed by atoms with Crippen molar-refractivity contribution in [2.24, 2.45) is 52.3 Å². The van der Waals surface area contributed by atoms with E-state index < -0.39 is 24.8 Å². The maximum absolute atomic E-state index is 14.1. The zero-order chi connectivity index (χ0) is 24.3. The van der Waals surface area contributed by atoms with E-state index in [-0.39, 0.29) is 53.1 Å². The number of carboxylic acid groups (broad SMARTS) is 1. The second-order valence-electron chi connectivity index (χ2n) is 11.6. The Labute approximate surface area is 186 Å². The first-order valence-corrected chi connectivity index (χ1v) is 12.2. The van der Waals surface area contributed by atoms with Crippen molar-refractivity contribution in [2.45, 2.75) is 97.9 Å². The number of aliphatic carboxylic acids is 1. The van der Waals surface area contributed by atoms with Crippen LogP contribution in [0.3, 0.4) is 0 Å². The minimum Gasteiger partial charge on any atom is -0.481 e. The molecule has 0 radical (unpaired) electrons. The maximum Gasteiger partial charge on any atom is 0.303 e. The Morgan fingerprint density at radius 3 is 2.53 bits per heavy atom. The summed E-state index contributed by atoms with van der Waals surface area (Å²) in [5.41, 5.74) is -0.0846. The number of aliphatic hydroxyl groups excluding tert-OH is 1. The highest BCUT2D eigenvalue weighted by molar-refractivity contribution is 5.86. The quantitative estimate of drug-likeness (QED) is 0.630. The number of Topliss-reactive ketones (excluding diaryl/α,β-unsaturated/α-hetero) is 1. The SMILES string of the molecule is [2H]C([2H])([2H])C[C@H]1C(=O)[C@@H]2[C@H](CC[C@]3(C)[C@@H]([C@H](C)CCC(=O)O)CC[C@@H]23)[C@@]2(C)CC[C@@H](O)C[C@@H]12. The lowest BCUT2D eigenvalue weighted by Gasteiger charge is -2.62. The highest BCUT2D eigenvalue weighted by atomic mass is 16.4. The van der Waals surface area contributed by atoms with Crippen LogP contribution in [-0.4, -0.2) is 28.1 Å². The molecule has 0 aromatic heterocycles. The summed E-state index contributed by atoms with van der Waals surface area (Å²) in [4.78, 5) is 25.3. The van der Waals surface area contributed by atoms with Gasteiger partial charge >= 0.3 is 5.97 Å². The van der Waals surface area contributed by atoms with Gasteiger partial charge in [0.25, 0.3) is 0 Å². The maximum atomic E-state index is 14.1. The van der Waals surface area contributed by atoms with E-state index in [1.54, 1.807) is 0 Å². The standard InChI is InChI=1S/C26H42O4/c1-5-17-21-14-16(27)10-12-26(21,4)20-11-13-25(3)18(15(2)6-9-22(28)29)7-8-19(25)23(20)24(17)30/h15-21,23,27H,5-14H2,1-4H3,(H,28,29)/t15-,16-,17-,18-,19+,20+,21+,23+,25-,26-/m1/s1/i1D3. The Morgan fingerprint density at radius 1 is 1.13 bits per heavy atom. The molecule has 0 saturated heterocycles. The van der Waals surface area contributed by atoms with Crippen molar-refractivity contribution < 1.29 is 23.9 Å². The van der Waals surface area contributed by atoms with Gasteiger partial charge in [0.1, 0.15) is 5.78 Å². The van der Waals surface area contributed by atoms with Crippen molar-refractivity contribution in [3.05, 3.63) is 0 Å². The lowest BCUT2D eigenvalue weighted by molar-refractivity contribution is -0.173. The van der Waals surface area contributed by atoms with Gasteiger partial charge in [0.05, 0.1) is 6.10 Å². The topological polar surface area (TPSA) is 74.6 Å². The van der Waals surface area contributed by atoms with Gasteiger partial charge in [0, 0.05) is 22.4 Å². The first kappa shape index (κ1) is 18.7. The third-order valence-electron chi connectivity index (χ3n) is 10.5. The molecule has 4 aliphatic rings. The summed E-state index contributed by atoms with van der Waals surface area (Å²) in [7, 11) is 0. The number of carbonyl (C=O) groups is 2. The molecule has 4 nitrogen and oxygen atoms in total. The van der Waals surface area contributed by atoms with Gasteiger partial charge < -0.3 is 10.2 Å². The van der Waals surface area contributed by atoms with Crippen LogP contribution in [0.1, 0.15) is 95.9 Å². The molecule has 0 amide bonds. The number of carbonyl (C=O) groups excluding carboxylic acids is 1. The van der Waals surface area contributed by atoms with Crippen molar-refractivity contribution in [3.8, 4) is 0 Å². The second kappa shape index (κ2) is 7.90. The molecule has 0 aliphatic heterocycles. The van der Waals surface area contributed by atoms with Crippen LogP contribution in [0.5, 0.6) is 0 Å². The van der Waals surface area contributed by atoms with E-state index in [0.717, 1.165) is 38.5 Å². The number of hydrogen-bond donors (Lipinski definition) is 2. The van der Waals surface area contributed by atoms with Crippen LogP contribution in [0.2, 0.25) is 0 Å². The zero-order valence-corrected chi connectivity index (χ0v) is 18.9. The average Bonchev–Trinajstić information content (AvgIpc) is 3.06. The Bertz CT molecular complexity index is 782. The molecule has 0 spiro atoms. The Morgan fingerprint density at radius 2 is 1.83 bits per heavy atom. The fourth-order valence-electron chi connectivity index (χ4n) is 8.92. The highest BCUT2D eigenvalue weighted by Crippen LogP contribution is 2.68. The van der Waals surface area contributed by atoms with Crippen LogP contribution in [0.15, 0.2) is 0 Å². The molecule has 170 valence electrons. The van der Waals surface area contributed by atoms with Crippen molar-refractivity contribution >= 4 is 11.8 Å². The molecular formula is C26H42O4. The molecule has 10 atom stereocenters. The van der Waals surface area contributed by atoms with Gasteiger partial charge in [0.2, 0.25) is 0 Å². The van der Waals surface area contributed by atoms with E-state index in [2.05, 4.69) is 20.8 Å². The molecule has 30 heavy (non-hydrogen) atoms. The van der Waals surface area contributed by atoms with Crippen LogP contribution in [0.25, 0.3) is 0 Å². The molecule has 4 fully saturated rings. The van der Waals surface area contributed by atoms with Crippen molar-refractivity contribution in [3.63, 3.8) is 0 Å². The summed E-state index contributed by atoms with van der Waals surface area (Å²) in [6, 6.07) is 0. The smallest absolute Gasteiger partial charge is 0.303 e. The van der Waals surface area contributed by atoms with Gasteiger partial charge in [-0.05, 0) is 98.2 Å². The molecule has 4 aliphatic carbocycles. The summed E-state index contributed by atoms with van der Waals surface area (Å²) >= 11 is 0. The van der Waals surface area contributed by atoms with E-state index in [1.165, 1.54) is 0 Å². The van der Waals surface area contributed by atoms with Crippen LogP contribution >= 0.6 is 0 Å². The number of ketones is 1. The summed E-state index contributed by atoms with van der Waals surface area (Å²) < 4.78 is 23.8. The fraction of sp³-hybridized carbons (Fsp3) is 0.923. The molecule has 0 aromatic carbocycles. The van der Waals surface area contributed by atoms with Crippen LogP contribution < -0.4 is 0 Å². The molecule has 4 saturated carbocycles. The first-order chi connectivity index (χ1) is 15.3. The number of aliphatic hydroxyl groups is 1. The molecule has 4 heteroatoms. The van der Waals surface area contributed by atoms with Crippen molar-refractivity contribution in [1.29, 1.82) is 0 Å². The number of carboxylic acids is 1. The molecule has 2 N–H and O–H groups in total. The Hall–Kier alpha value is -0.900. The third kappa shape index (κ3) is 3.27. The molecule has 4 rings (SSSR count). The number of rotatable bonds is 5. The van der Waals surface area contributed by atoms with Crippen LogP contribution in [0, 0.1) is 52.3 Å². The largest absolute Gasteiger partial charge is 0.481 e. The normalized spacial score (nSPS) is 51.0. The van der Waals surface area contributed by atoms with Gasteiger partial charge in [-0.2, -0.15) is 0 Å². The predicted molar refractivity (Wildman–Crippen MR) is 117 cm³/mol. The summed E-state index contributed by atoms with van der Waals surface area (Å²) in [5.74, 6) is 0.000666. The zero-order valence-electron chi connectivity index (χ0n) is 21.9. The molecule has 0 bridgehead atoms. The van der Waals surface area contributed by atoms with E-state index in [9.17, 15) is 14.7 Å². The predicted octanol–water partition coefficient (Wildman–Crippen LogP) is 5.32. The minimum atomic E-state index is -2.15. The monoisotopic (exact) mass is 421 g/mol. The van der Waals surface area contributed by atoms with E-state index in [0.29, 0.717) is 24.7 Å². The summed E-state index contributed by atoms with van der Waals surface area (Å²) in [5, 5.41) is 19.6. The van der Waals surface area contributed by atoms with Gasteiger partial charge in [-0.25, -0.2) is 0 Å². The lowest BCUT2D eigenvalue weighted by atomic mass is 9.42. The highest BCUT2D eigenvalue weighted by Gasteiger charge is 2.65. The van der Waals surface area contributed by atoms with Crippen molar-refractivity contribution in [2.75, 3.05) is 0 Å². The minimum absolute atomic E-state index is 0.0106. The van der Waals surface area contributed by atoms with Gasteiger partial charge in [-0.1, -0.05) is 27.6 Å². The lowest BCUT2D eigenvalue weighted by Crippen LogP contribution is -2.60. The molecule has 0 unspecified atom stereocenters. The van der Waals surface area contributed by atoms with Gasteiger partial charge in [-0.15, -0.1) is 0 Å². The van der Waals surface area contributed by atoms with Crippen molar-refractivity contribution in [1.82, 2.24) is 0 Å². The molecule has 0 heterocycles. The summed E-state index contributed by atoms with van der Waals surface area (Å²) in [6.07, 6.45) is 6.54. The second-order valence-corrected chi connectivity index (χ2v) is 11.6. The first-order valence-electron chi connectivity index (χ1n) is 13.7. The Balaban J connectivity index is 1.66. The van der Waals surface area contributed by atoms with Gasteiger partial charge in [0.15, 0.2) is 0 Å². The number of fused-ring (bicyclic) bond motifs is 5. The number of hydrogen-bond acceptors (Lipinski definition) is 3. The Kier molecular flexibility index (Phi) is 4.91. The average molecular weight is 422 g/mol. The summed E-state index contributed by atoms with van der Waals surface area (Å²) in [6.45, 7) is 4.63. The van der Waals surface area contributed by atoms with Crippen LogP contribution in [-0.2, 0) is 9.59 Å². The molecule has 0 aromatic rings. The molecular weight excluding hydrogens is 376 g/mol.